The van der Waals surface area contributed by atoms with Crippen molar-refractivity contribution >= 4 is 95.3 Å². The van der Waals surface area contributed by atoms with E-state index in [-0.39, 0.29) is 0 Å². The lowest BCUT2D eigenvalue weighted by Crippen LogP contribution is -2.11. The van der Waals surface area contributed by atoms with Crippen LogP contribution >= 0.6 is 34.0 Å². The maximum absolute atomic E-state index is 6.19. The lowest BCUT2D eigenvalue weighted by molar-refractivity contribution is 0.544. The van der Waals surface area contributed by atoms with Gasteiger partial charge in [0.25, 0.3) is 0 Å². The molecule has 0 N–H and O–H groups in total. The van der Waals surface area contributed by atoms with E-state index < -0.39 is 0 Å². The summed E-state index contributed by atoms with van der Waals surface area (Å²) in [6.07, 6.45) is 4.48. The van der Waals surface area contributed by atoms with Gasteiger partial charge in [0.2, 0.25) is 11.8 Å². The molecule has 0 fully saturated rings. The third-order valence-corrected chi connectivity index (χ3v) is 29.3. The first-order valence-electron chi connectivity index (χ1n) is 43.9. The van der Waals surface area contributed by atoms with Crippen molar-refractivity contribution in [2.24, 2.45) is 0 Å². The van der Waals surface area contributed by atoms with Crippen LogP contribution in [-0.4, -0.2) is 10.2 Å². The van der Waals surface area contributed by atoms with Gasteiger partial charge in [-0.25, -0.2) is 0 Å². The minimum atomic E-state index is 0.385. The number of thiophene rings is 3. The minimum absolute atomic E-state index is 0.385. The van der Waals surface area contributed by atoms with Crippen LogP contribution in [0.4, 0.5) is 50.5 Å². The van der Waals surface area contributed by atoms with E-state index in [1.54, 1.807) is 0 Å². The molecule has 4 aromatic heterocycles. The van der Waals surface area contributed by atoms with Crippen molar-refractivity contribution in [3.63, 3.8) is 0 Å². The monoisotopic (exact) mass is 1670 g/mol. The SMILES string of the molecule is CCC(C)c1ccc(-c2ccc(-c3ccc(N4c5ccccc5-c5ccccc5-c5ccccc54)cc3)s2)cc1.CCC(C)c1ccc(-c2ccc(N3c4ccccc4-c4ccccc4-c4ccccc43)s2)s1.CCC(CC(C)c1ccc(-c2nnc(-c3cccc4ccccc34)o2)cc1)c1ccc(N2c3ccccc3-c3ccccc3-c3ccccc32)cc1. The third kappa shape index (κ3) is 15.5. The van der Waals surface area contributed by atoms with Crippen molar-refractivity contribution in [2.45, 2.75) is 90.9 Å². The fourth-order valence-corrected chi connectivity index (χ4v) is 21.7. The van der Waals surface area contributed by atoms with Gasteiger partial charge >= 0.3 is 0 Å². The second-order valence-corrected chi connectivity index (χ2v) is 36.2. The number of hydrogen-bond donors (Lipinski definition) is 0. The molecular weight excluding hydrogens is 1580 g/mol. The Balaban J connectivity index is 0.000000122. The zero-order valence-electron chi connectivity index (χ0n) is 71.0. The molecule has 0 saturated heterocycles. The van der Waals surface area contributed by atoms with Crippen LogP contribution in [0, 0.1) is 0 Å². The van der Waals surface area contributed by atoms with E-state index in [9.17, 15) is 0 Å². The molecule has 7 heterocycles. The first-order chi connectivity index (χ1) is 61.6. The van der Waals surface area contributed by atoms with Gasteiger partial charge in [0.05, 0.1) is 34.1 Å². The van der Waals surface area contributed by atoms with Crippen molar-refractivity contribution in [1.29, 1.82) is 0 Å². The maximum atomic E-state index is 6.19. The third-order valence-electron chi connectivity index (χ3n) is 25.5. The quantitative estimate of drug-likeness (QED) is 0.0905. The van der Waals surface area contributed by atoms with Crippen LogP contribution in [0.2, 0.25) is 0 Å². The average molecular weight is 1670 g/mol. The van der Waals surface area contributed by atoms with Gasteiger partial charge in [0, 0.05) is 80.3 Å². The Morgan fingerprint density at radius 1 is 0.256 bits per heavy atom. The maximum Gasteiger partial charge on any atom is 0.248 e. The lowest BCUT2D eigenvalue weighted by Gasteiger charge is -2.28. The summed E-state index contributed by atoms with van der Waals surface area (Å²) in [5.74, 6) is 3.11. The summed E-state index contributed by atoms with van der Waals surface area (Å²) in [5.41, 5.74) is 33.3. The van der Waals surface area contributed by atoms with Crippen molar-refractivity contribution in [2.75, 3.05) is 14.7 Å². The highest BCUT2D eigenvalue weighted by molar-refractivity contribution is 7.24. The van der Waals surface area contributed by atoms with Gasteiger partial charge in [-0.2, -0.15) is 0 Å². The highest BCUT2D eigenvalue weighted by atomic mass is 32.1. The van der Waals surface area contributed by atoms with Gasteiger partial charge in [0.15, 0.2) is 0 Å². The standard InChI is InChI=1S/C48H39N3O.C38H31NS.C30H25NS2/c1-3-33(31-32(2)34-23-25-37(26-24-34)47-49-50-48(52-47)44-20-12-14-36-13-4-5-15-39(36)44)35-27-29-38(30-28-35)51-45-21-10-8-18-42(45)40-16-6-7-17-41(40)43-19-9-11-22-46(43)51;1-3-26(2)27-16-18-28(19-17-27)37-24-25-38(40-37)29-20-22-30(23-21-29)39-35-14-8-6-12-33(35)31-10-4-5-11-32(31)34-13-7-9-15-36(34)39;1-3-20(2)27-16-17-28(32-27)29-18-19-30(33-29)31-25-14-8-6-12-23(25)21-10-4-5-11-22(21)24-13-7-9-15-26(24)31/h4-30,32-33H,3,31H2,1-2H3;4-26H,3H2,1-2H3;4-20H,3H2,1-2H3. The fourth-order valence-electron chi connectivity index (χ4n) is 18.4. The molecule has 0 amide bonds. The summed E-state index contributed by atoms with van der Waals surface area (Å²) >= 11 is 5.67. The lowest BCUT2D eigenvalue weighted by atomic mass is 9.84. The molecule has 0 aliphatic carbocycles. The molecule has 0 radical (unpaired) electrons. The predicted molar refractivity (Wildman–Crippen MR) is 533 cm³/mol. The zero-order chi connectivity index (χ0) is 84.4. The number of anilines is 9. The molecule has 9 heteroatoms. The number of rotatable bonds is 17. The first-order valence-corrected chi connectivity index (χ1v) is 46.3. The Bertz CT molecular complexity index is 6870. The molecule has 22 rings (SSSR count). The molecule has 125 heavy (non-hydrogen) atoms. The van der Waals surface area contributed by atoms with Gasteiger partial charge in [-0.3, -0.25) is 0 Å². The number of hydrogen-bond acceptors (Lipinski definition) is 9. The predicted octanol–water partition coefficient (Wildman–Crippen LogP) is 35.2. The number of fused-ring (bicyclic) bond motifs is 16. The van der Waals surface area contributed by atoms with Crippen LogP contribution in [0.3, 0.4) is 0 Å². The van der Waals surface area contributed by atoms with Gasteiger partial charge in [-0.05, 0) is 237 Å². The zero-order valence-corrected chi connectivity index (χ0v) is 73.5. The molecule has 4 unspecified atom stereocenters. The van der Waals surface area contributed by atoms with E-state index in [2.05, 4.69) is 436 Å². The molecule has 0 spiro atoms. The van der Waals surface area contributed by atoms with Crippen LogP contribution in [0.15, 0.2) is 399 Å². The number of aromatic nitrogens is 2. The Labute approximate surface area is 746 Å². The van der Waals surface area contributed by atoms with Crippen molar-refractivity contribution < 1.29 is 4.42 Å². The summed E-state index contributed by atoms with van der Waals surface area (Å²) in [6.45, 7) is 13.8. The molecule has 0 bridgehead atoms. The van der Waals surface area contributed by atoms with Crippen LogP contribution in [0.1, 0.15) is 112 Å². The summed E-state index contributed by atoms with van der Waals surface area (Å²) in [4.78, 5) is 14.0. The Hall–Kier alpha value is -13.8. The normalized spacial score (nSPS) is 13.0. The molecule has 19 aromatic rings. The average Bonchev–Trinajstić information content (AvgIpc) is 1.63. The van der Waals surface area contributed by atoms with Gasteiger partial charge in [0.1, 0.15) is 5.00 Å². The van der Waals surface area contributed by atoms with Crippen LogP contribution in [0.25, 0.3) is 131 Å². The molecule has 4 atom stereocenters. The van der Waals surface area contributed by atoms with Gasteiger partial charge in [-0.1, -0.05) is 321 Å². The molecular formula is C116H95N5OS3. The van der Waals surface area contributed by atoms with E-state index in [0.717, 1.165) is 40.4 Å². The smallest absolute Gasteiger partial charge is 0.248 e. The summed E-state index contributed by atoms with van der Waals surface area (Å²) < 4.78 is 6.19. The second kappa shape index (κ2) is 35.2. The summed E-state index contributed by atoms with van der Waals surface area (Å²) in [7, 11) is 0. The Kier molecular flexibility index (Phi) is 22.4. The fraction of sp³-hybridized carbons (Fsp3) is 0.121. The topological polar surface area (TPSA) is 48.6 Å². The first kappa shape index (κ1) is 79.7. The molecule has 608 valence electrons. The van der Waals surface area contributed by atoms with Crippen molar-refractivity contribution in [3.8, 4) is 120 Å². The molecule has 15 aromatic carbocycles. The van der Waals surface area contributed by atoms with Crippen LogP contribution in [-0.2, 0) is 0 Å². The van der Waals surface area contributed by atoms with E-state index in [1.165, 1.54) is 177 Å². The highest BCUT2D eigenvalue weighted by Gasteiger charge is 2.31. The summed E-state index contributed by atoms with van der Waals surface area (Å²) in [5, 5.41) is 12.3. The van der Waals surface area contributed by atoms with Crippen LogP contribution in [0.5, 0.6) is 0 Å². The molecule has 3 aliphatic rings. The van der Waals surface area contributed by atoms with Gasteiger partial charge < -0.3 is 19.1 Å². The van der Waals surface area contributed by atoms with Crippen molar-refractivity contribution in [3.05, 3.63) is 416 Å². The van der Waals surface area contributed by atoms with Gasteiger partial charge in [-0.15, -0.1) is 44.2 Å². The second-order valence-electron chi connectivity index (χ2n) is 32.9. The van der Waals surface area contributed by atoms with E-state index in [1.807, 2.05) is 58.3 Å². The van der Waals surface area contributed by atoms with E-state index >= 15 is 0 Å². The van der Waals surface area contributed by atoms with E-state index in [0.29, 0.717) is 35.5 Å². The van der Waals surface area contributed by atoms with Crippen molar-refractivity contribution in [1.82, 2.24) is 10.2 Å². The molecule has 6 nitrogen and oxygen atoms in total. The number of para-hydroxylation sites is 6. The largest absolute Gasteiger partial charge is 0.416 e. The highest BCUT2D eigenvalue weighted by Crippen LogP contribution is 2.56. The minimum Gasteiger partial charge on any atom is -0.416 e. The molecule has 0 saturated carbocycles. The van der Waals surface area contributed by atoms with E-state index in [4.69, 9.17) is 4.42 Å². The summed E-state index contributed by atoms with van der Waals surface area (Å²) in [6, 6.07) is 143. The molecule has 3 aliphatic heterocycles. The Morgan fingerprint density at radius 3 is 1.06 bits per heavy atom. The van der Waals surface area contributed by atoms with Crippen LogP contribution < -0.4 is 14.7 Å². The Morgan fingerprint density at radius 2 is 0.600 bits per heavy atom. The number of benzene rings is 15. The number of nitrogens with zero attached hydrogens (tertiary/aromatic N) is 5.